The third-order valence-electron chi connectivity index (χ3n) is 3.79. The Morgan fingerprint density at radius 2 is 1.74 bits per heavy atom. The van der Waals surface area contributed by atoms with Gasteiger partial charge in [0.25, 0.3) is 0 Å². The van der Waals surface area contributed by atoms with Crippen LogP contribution in [0.4, 0.5) is 0 Å². The molecular formula is C18H14N2O3. The van der Waals surface area contributed by atoms with E-state index in [9.17, 15) is 4.79 Å². The van der Waals surface area contributed by atoms with Gasteiger partial charge in [0.05, 0.1) is 12.1 Å². The summed E-state index contributed by atoms with van der Waals surface area (Å²) in [7, 11) is 0. The Morgan fingerprint density at radius 3 is 2.57 bits per heavy atom. The molecule has 0 unspecified atom stereocenters. The second-order valence-corrected chi connectivity index (χ2v) is 5.31. The average molecular weight is 306 g/mol. The maximum Gasteiger partial charge on any atom is 0.420 e. The van der Waals surface area contributed by atoms with Gasteiger partial charge >= 0.3 is 5.76 Å². The van der Waals surface area contributed by atoms with Crippen molar-refractivity contribution in [2.45, 2.75) is 13.5 Å². The van der Waals surface area contributed by atoms with Crippen LogP contribution in [0.5, 0.6) is 0 Å². The molecule has 0 fully saturated rings. The Labute approximate surface area is 131 Å². The zero-order valence-corrected chi connectivity index (χ0v) is 12.5. The number of para-hydroxylation sites is 2. The molecule has 4 aromatic rings. The summed E-state index contributed by atoms with van der Waals surface area (Å²) in [6.45, 7) is 2.17. The minimum absolute atomic E-state index is 0.317. The van der Waals surface area contributed by atoms with E-state index in [1.165, 1.54) is 0 Å². The molecule has 0 aliphatic rings. The molecule has 0 aliphatic heterocycles. The minimum Gasteiger partial charge on any atom is -0.441 e. The molecule has 0 N–H and O–H groups in total. The molecule has 0 amide bonds. The first-order chi connectivity index (χ1) is 11.2. The normalized spacial score (nSPS) is 11.2. The van der Waals surface area contributed by atoms with E-state index in [0.717, 1.165) is 16.8 Å². The molecule has 0 spiro atoms. The monoisotopic (exact) mass is 306 g/mol. The lowest BCUT2D eigenvalue weighted by Crippen LogP contribution is -2.15. The van der Waals surface area contributed by atoms with Gasteiger partial charge in [-0.25, -0.2) is 9.78 Å². The number of benzene rings is 2. The molecule has 2 heterocycles. The van der Waals surface area contributed by atoms with Crippen molar-refractivity contribution in [3.05, 3.63) is 76.6 Å². The van der Waals surface area contributed by atoms with E-state index in [2.05, 4.69) is 4.98 Å². The molecule has 0 radical (unpaired) electrons. The molecule has 114 valence electrons. The fourth-order valence-corrected chi connectivity index (χ4v) is 2.59. The lowest BCUT2D eigenvalue weighted by Gasteiger charge is -1.99. The molecule has 0 aliphatic carbocycles. The van der Waals surface area contributed by atoms with Crippen LogP contribution in [0.1, 0.15) is 11.5 Å². The Kier molecular flexibility index (Phi) is 3.12. The van der Waals surface area contributed by atoms with Crippen LogP contribution in [0.25, 0.3) is 22.6 Å². The molecule has 5 nitrogen and oxygen atoms in total. The van der Waals surface area contributed by atoms with Crippen LogP contribution in [0, 0.1) is 6.92 Å². The van der Waals surface area contributed by atoms with Crippen molar-refractivity contribution in [3.8, 4) is 11.5 Å². The van der Waals surface area contributed by atoms with Crippen LogP contribution in [0.15, 0.2) is 68.2 Å². The van der Waals surface area contributed by atoms with E-state index in [1.807, 2.05) is 55.5 Å². The SMILES string of the molecule is Cc1oc(-c2ccccc2)nc1Cn1c(=O)oc2ccccc21. The van der Waals surface area contributed by atoms with E-state index in [4.69, 9.17) is 8.83 Å². The highest BCUT2D eigenvalue weighted by Crippen LogP contribution is 2.22. The predicted molar refractivity (Wildman–Crippen MR) is 86.3 cm³/mol. The van der Waals surface area contributed by atoms with Crippen molar-refractivity contribution in [1.29, 1.82) is 0 Å². The van der Waals surface area contributed by atoms with Crippen LogP contribution in [-0.4, -0.2) is 9.55 Å². The fraction of sp³-hybridized carbons (Fsp3) is 0.111. The van der Waals surface area contributed by atoms with E-state index < -0.39 is 5.76 Å². The van der Waals surface area contributed by atoms with Crippen molar-refractivity contribution < 1.29 is 8.83 Å². The molecule has 4 rings (SSSR count). The number of fused-ring (bicyclic) bond motifs is 1. The highest BCUT2D eigenvalue weighted by molar-refractivity contribution is 5.72. The zero-order valence-electron chi connectivity index (χ0n) is 12.5. The topological polar surface area (TPSA) is 61.2 Å². The van der Waals surface area contributed by atoms with Gasteiger partial charge in [-0.2, -0.15) is 0 Å². The summed E-state index contributed by atoms with van der Waals surface area (Å²) in [5.41, 5.74) is 2.95. The van der Waals surface area contributed by atoms with Gasteiger partial charge in [-0.15, -0.1) is 0 Å². The second kappa shape index (κ2) is 5.28. The molecule has 23 heavy (non-hydrogen) atoms. The molecule has 0 saturated heterocycles. The van der Waals surface area contributed by atoms with Gasteiger partial charge in [0, 0.05) is 5.56 Å². The molecule has 0 saturated carbocycles. The number of aromatic nitrogens is 2. The fourth-order valence-electron chi connectivity index (χ4n) is 2.59. The van der Waals surface area contributed by atoms with E-state index in [1.54, 1.807) is 10.6 Å². The van der Waals surface area contributed by atoms with Crippen LogP contribution in [-0.2, 0) is 6.54 Å². The first-order valence-electron chi connectivity index (χ1n) is 7.32. The number of aryl methyl sites for hydroxylation is 1. The summed E-state index contributed by atoms with van der Waals surface area (Å²) < 4.78 is 12.6. The second-order valence-electron chi connectivity index (χ2n) is 5.31. The van der Waals surface area contributed by atoms with Gasteiger partial charge in [-0.1, -0.05) is 30.3 Å². The van der Waals surface area contributed by atoms with Crippen molar-refractivity contribution in [2.75, 3.05) is 0 Å². The minimum atomic E-state index is -0.394. The molecule has 0 bridgehead atoms. The summed E-state index contributed by atoms with van der Waals surface area (Å²) in [4.78, 5) is 16.6. The van der Waals surface area contributed by atoms with Gasteiger partial charge in [-0.3, -0.25) is 4.57 Å². The van der Waals surface area contributed by atoms with Crippen LogP contribution in [0.2, 0.25) is 0 Å². The summed E-state index contributed by atoms with van der Waals surface area (Å²) in [5.74, 6) is 0.856. The lowest BCUT2D eigenvalue weighted by atomic mass is 10.2. The number of rotatable bonds is 3. The zero-order chi connectivity index (χ0) is 15.8. The maximum absolute atomic E-state index is 12.1. The average Bonchev–Trinajstić information content (AvgIpc) is 3.10. The Hall–Kier alpha value is -3.08. The largest absolute Gasteiger partial charge is 0.441 e. The smallest absolute Gasteiger partial charge is 0.420 e. The quantitative estimate of drug-likeness (QED) is 0.580. The summed E-state index contributed by atoms with van der Waals surface area (Å²) in [6.07, 6.45) is 0. The number of hydrogen-bond donors (Lipinski definition) is 0. The first-order valence-corrected chi connectivity index (χ1v) is 7.32. The molecular weight excluding hydrogens is 292 g/mol. The Bertz CT molecular complexity index is 1030. The Morgan fingerprint density at radius 1 is 1.00 bits per heavy atom. The predicted octanol–water partition coefficient (Wildman–Crippen LogP) is 3.61. The van der Waals surface area contributed by atoms with Gasteiger partial charge in [0.15, 0.2) is 5.58 Å². The van der Waals surface area contributed by atoms with Crippen molar-refractivity contribution >= 4 is 11.1 Å². The molecule has 2 aromatic heterocycles. The Balaban J connectivity index is 1.76. The molecule has 2 aromatic carbocycles. The van der Waals surface area contributed by atoms with E-state index in [-0.39, 0.29) is 0 Å². The third-order valence-corrected chi connectivity index (χ3v) is 3.79. The molecule has 5 heteroatoms. The van der Waals surface area contributed by atoms with Crippen molar-refractivity contribution in [1.82, 2.24) is 9.55 Å². The van der Waals surface area contributed by atoms with Crippen LogP contribution in [0.3, 0.4) is 0 Å². The van der Waals surface area contributed by atoms with Gasteiger partial charge < -0.3 is 8.83 Å². The van der Waals surface area contributed by atoms with Crippen LogP contribution < -0.4 is 5.76 Å². The highest BCUT2D eigenvalue weighted by Gasteiger charge is 2.15. The van der Waals surface area contributed by atoms with E-state index in [0.29, 0.717) is 23.8 Å². The number of oxazole rings is 2. The van der Waals surface area contributed by atoms with Crippen molar-refractivity contribution in [3.63, 3.8) is 0 Å². The lowest BCUT2D eigenvalue weighted by molar-refractivity contribution is 0.511. The van der Waals surface area contributed by atoms with Gasteiger partial charge in [0.1, 0.15) is 11.5 Å². The maximum atomic E-state index is 12.1. The molecule has 0 atom stereocenters. The van der Waals surface area contributed by atoms with Gasteiger partial charge in [-0.05, 0) is 31.2 Å². The van der Waals surface area contributed by atoms with Crippen LogP contribution >= 0.6 is 0 Å². The first kappa shape index (κ1) is 13.6. The highest BCUT2D eigenvalue weighted by atomic mass is 16.4. The number of hydrogen-bond acceptors (Lipinski definition) is 4. The van der Waals surface area contributed by atoms with Gasteiger partial charge in [0.2, 0.25) is 5.89 Å². The third kappa shape index (κ3) is 2.36. The summed E-state index contributed by atoms with van der Waals surface area (Å²) in [6, 6.07) is 17.0. The number of nitrogens with zero attached hydrogens (tertiary/aromatic N) is 2. The standard InChI is InChI=1S/C18H14N2O3/c1-12-14(19-17(22-12)13-7-3-2-4-8-13)11-20-15-9-5-6-10-16(15)23-18(20)21/h2-10H,11H2,1H3. The summed E-state index contributed by atoms with van der Waals surface area (Å²) in [5, 5.41) is 0. The summed E-state index contributed by atoms with van der Waals surface area (Å²) >= 11 is 0. The van der Waals surface area contributed by atoms with Crippen molar-refractivity contribution in [2.24, 2.45) is 0 Å². The van der Waals surface area contributed by atoms with E-state index >= 15 is 0 Å².